The third kappa shape index (κ3) is 4.93. The third-order valence-electron chi connectivity index (χ3n) is 6.32. The lowest BCUT2D eigenvalue weighted by Crippen LogP contribution is -2.36. The van der Waals surface area contributed by atoms with Crippen molar-refractivity contribution in [1.29, 1.82) is 0 Å². The number of hydrogen-bond donors (Lipinski definition) is 1. The van der Waals surface area contributed by atoms with Crippen molar-refractivity contribution in [3.05, 3.63) is 106 Å². The van der Waals surface area contributed by atoms with Crippen molar-refractivity contribution >= 4 is 51.5 Å². The number of para-hydroxylation sites is 1. The van der Waals surface area contributed by atoms with Gasteiger partial charge in [-0.1, -0.05) is 48.5 Å². The van der Waals surface area contributed by atoms with Gasteiger partial charge in [0.25, 0.3) is 11.1 Å². The Kier molecular flexibility index (Phi) is 6.67. The van der Waals surface area contributed by atoms with Crippen molar-refractivity contribution in [3.63, 3.8) is 0 Å². The summed E-state index contributed by atoms with van der Waals surface area (Å²) in [7, 11) is 0. The second-order valence-corrected chi connectivity index (χ2v) is 9.87. The quantitative estimate of drug-likeness (QED) is 0.315. The molecule has 1 fully saturated rings. The average molecular weight is 514 g/mol. The molecule has 1 aliphatic rings. The van der Waals surface area contributed by atoms with Crippen molar-refractivity contribution in [3.8, 4) is 0 Å². The molecule has 186 valence electrons. The number of carbonyl (C=O) groups is 3. The zero-order valence-electron chi connectivity index (χ0n) is 20.3. The lowest BCUT2D eigenvalue weighted by atomic mass is 10.1. The van der Waals surface area contributed by atoms with Crippen LogP contribution in [0.15, 0.2) is 77.7 Å². The number of halogens is 1. The maximum Gasteiger partial charge on any atom is 0.294 e. The minimum Gasteiger partial charge on any atom is -0.340 e. The van der Waals surface area contributed by atoms with Crippen molar-refractivity contribution in [1.82, 2.24) is 9.47 Å². The van der Waals surface area contributed by atoms with E-state index in [9.17, 15) is 18.8 Å². The standard InChI is InChI=1S/C29H24FN3O3S/c1-18-8-7-10-21(14-18)31-27(34)17-33-28(35)26(37-29(33)36)15-23-19(2)32(25-13-6-4-11-22(23)25)16-20-9-3-5-12-24(20)30/h3-15H,16-17H2,1-2H3,(H,31,34)/b26-15-. The number of hydrogen-bond acceptors (Lipinski definition) is 4. The van der Waals surface area contributed by atoms with Crippen LogP contribution in [-0.2, 0) is 16.1 Å². The topological polar surface area (TPSA) is 71.4 Å². The third-order valence-corrected chi connectivity index (χ3v) is 7.23. The number of benzene rings is 3. The molecule has 4 aromatic rings. The first-order valence-corrected chi connectivity index (χ1v) is 12.6. The van der Waals surface area contributed by atoms with E-state index in [1.165, 1.54) is 6.07 Å². The molecule has 1 aliphatic heterocycles. The van der Waals surface area contributed by atoms with Crippen molar-refractivity contribution in [2.24, 2.45) is 0 Å². The first-order valence-electron chi connectivity index (χ1n) is 11.7. The molecule has 0 spiro atoms. The molecule has 0 radical (unpaired) electrons. The first-order chi connectivity index (χ1) is 17.8. The van der Waals surface area contributed by atoms with E-state index in [0.717, 1.165) is 44.4 Å². The highest BCUT2D eigenvalue weighted by Crippen LogP contribution is 2.36. The predicted molar refractivity (Wildman–Crippen MR) is 145 cm³/mol. The van der Waals surface area contributed by atoms with Gasteiger partial charge in [-0.15, -0.1) is 0 Å². The highest BCUT2D eigenvalue weighted by atomic mass is 32.2. The van der Waals surface area contributed by atoms with Gasteiger partial charge in [0, 0.05) is 33.4 Å². The lowest BCUT2D eigenvalue weighted by Gasteiger charge is -2.12. The van der Waals surface area contributed by atoms with Crippen molar-refractivity contribution in [2.75, 3.05) is 11.9 Å². The zero-order valence-corrected chi connectivity index (χ0v) is 21.1. The summed E-state index contributed by atoms with van der Waals surface area (Å²) >= 11 is 0.810. The van der Waals surface area contributed by atoms with Crippen LogP contribution >= 0.6 is 11.8 Å². The summed E-state index contributed by atoms with van der Waals surface area (Å²) in [5, 5.41) is 3.12. The van der Waals surface area contributed by atoms with Gasteiger partial charge in [0.15, 0.2) is 0 Å². The number of rotatable bonds is 6. The van der Waals surface area contributed by atoms with Gasteiger partial charge in [0.05, 0.1) is 11.4 Å². The summed E-state index contributed by atoms with van der Waals surface area (Å²) in [5.74, 6) is -1.25. The molecular formula is C29H24FN3O3S. The Labute approximate surface area is 217 Å². The molecule has 8 heteroatoms. The Morgan fingerprint density at radius 1 is 1.00 bits per heavy atom. The Morgan fingerprint density at radius 3 is 2.54 bits per heavy atom. The molecule has 1 N–H and O–H groups in total. The van der Waals surface area contributed by atoms with E-state index in [-0.39, 0.29) is 17.3 Å². The average Bonchev–Trinajstić information content (AvgIpc) is 3.28. The number of nitrogens with zero attached hydrogens (tertiary/aromatic N) is 2. The molecule has 0 unspecified atom stereocenters. The number of amides is 3. The van der Waals surface area contributed by atoms with Crippen LogP contribution in [0.4, 0.5) is 14.9 Å². The van der Waals surface area contributed by atoms with Gasteiger partial charge in [0.2, 0.25) is 5.91 Å². The van der Waals surface area contributed by atoms with Crippen LogP contribution < -0.4 is 5.32 Å². The van der Waals surface area contributed by atoms with Gasteiger partial charge in [-0.25, -0.2) is 4.39 Å². The van der Waals surface area contributed by atoms with Crippen LogP contribution in [0.3, 0.4) is 0 Å². The predicted octanol–water partition coefficient (Wildman–Crippen LogP) is 6.12. The number of aryl methyl sites for hydroxylation is 1. The smallest absolute Gasteiger partial charge is 0.294 e. The zero-order chi connectivity index (χ0) is 26.1. The number of imide groups is 1. The van der Waals surface area contributed by atoms with Gasteiger partial charge in [-0.3, -0.25) is 19.3 Å². The summed E-state index contributed by atoms with van der Waals surface area (Å²) in [6.07, 6.45) is 1.69. The molecule has 0 saturated carbocycles. The van der Waals surface area contributed by atoms with E-state index in [0.29, 0.717) is 17.8 Å². The van der Waals surface area contributed by atoms with E-state index >= 15 is 0 Å². The van der Waals surface area contributed by atoms with Crippen LogP contribution in [0.25, 0.3) is 17.0 Å². The molecule has 5 rings (SSSR count). The van der Waals surface area contributed by atoms with Crippen LogP contribution in [0.5, 0.6) is 0 Å². The maximum absolute atomic E-state index is 14.4. The molecule has 6 nitrogen and oxygen atoms in total. The number of anilines is 1. The highest BCUT2D eigenvalue weighted by molar-refractivity contribution is 8.18. The molecule has 3 amide bonds. The largest absolute Gasteiger partial charge is 0.340 e. The molecule has 0 aliphatic carbocycles. The van der Waals surface area contributed by atoms with Gasteiger partial charge in [-0.2, -0.15) is 0 Å². The number of thioether (sulfide) groups is 1. The highest BCUT2D eigenvalue weighted by Gasteiger charge is 2.36. The molecule has 3 aromatic carbocycles. The Bertz CT molecular complexity index is 1590. The minimum absolute atomic E-state index is 0.241. The van der Waals surface area contributed by atoms with Gasteiger partial charge >= 0.3 is 0 Å². The van der Waals surface area contributed by atoms with Crippen molar-refractivity contribution < 1.29 is 18.8 Å². The van der Waals surface area contributed by atoms with Crippen molar-refractivity contribution in [2.45, 2.75) is 20.4 Å². The summed E-state index contributed by atoms with van der Waals surface area (Å²) in [6, 6.07) is 21.6. The van der Waals surface area contributed by atoms with Crippen LogP contribution in [0.2, 0.25) is 0 Å². The van der Waals surface area contributed by atoms with E-state index in [1.807, 2.05) is 60.9 Å². The molecule has 2 heterocycles. The normalized spacial score (nSPS) is 14.7. The molecule has 1 saturated heterocycles. The van der Waals surface area contributed by atoms with Crippen LogP contribution in [-0.4, -0.2) is 33.1 Å². The van der Waals surface area contributed by atoms with E-state index in [1.54, 1.807) is 30.3 Å². The van der Waals surface area contributed by atoms with E-state index in [4.69, 9.17) is 0 Å². The van der Waals surface area contributed by atoms with E-state index in [2.05, 4.69) is 5.32 Å². The fourth-order valence-corrected chi connectivity index (χ4v) is 5.30. The molecule has 37 heavy (non-hydrogen) atoms. The number of carbonyl (C=O) groups excluding carboxylic acids is 3. The number of aromatic nitrogens is 1. The summed E-state index contributed by atoms with van der Waals surface area (Å²) in [6.45, 7) is 3.77. The van der Waals surface area contributed by atoms with Gasteiger partial charge in [0.1, 0.15) is 12.4 Å². The molecule has 0 bridgehead atoms. The fraction of sp³-hybridized carbons (Fsp3) is 0.138. The maximum atomic E-state index is 14.4. The molecule has 1 aromatic heterocycles. The van der Waals surface area contributed by atoms with Gasteiger partial charge in [-0.05, 0) is 61.5 Å². The SMILES string of the molecule is Cc1cccc(NC(=O)CN2C(=O)S/C(=C\c3c(C)n(Cc4ccccc4F)c4ccccc34)C2=O)c1. The van der Waals surface area contributed by atoms with Gasteiger partial charge < -0.3 is 9.88 Å². The monoisotopic (exact) mass is 513 g/mol. The Hall–Kier alpha value is -4.17. The number of nitrogens with one attached hydrogen (secondary N) is 1. The molecular weight excluding hydrogens is 489 g/mol. The molecule has 0 atom stereocenters. The van der Waals surface area contributed by atoms with Crippen LogP contribution in [0.1, 0.15) is 22.4 Å². The fourth-order valence-electron chi connectivity index (χ4n) is 4.47. The Balaban J connectivity index is 1.42. The Morgan fingerprint density at radius 2 is 1.76 bits per heavy atom. The summed E-state index contributed by atoms with van der Waals surface area (Å²) in [5.41, 5.74) is 4.65. The second kappa shape index (κ2) is 10.1. The summed E-state index contributed by atoms with van der Waals surface area (Å²) < 4.78 is 16.4. The summed E-state index contributed by atoms with van der Waals surface area (Å²) in [4.78, 5) is 39.5. The first kappa shape index (κ1) is 24.5. The van der Waals surface area contributed by atoms with E-state index < -0.39 is 17.1 Å². The van der Waals surface area contributed by atoms with Crippen LogP contribution in [0, 0.1) is 19.7 Å². The minimum atomic E-state index is -0.514. The lowest BCUT2D eigenvalue weighted by molar-refractivity contribution is -0.127. The second-order valence-electron chi connectivity index (χ2n) is 8.88. The number of fused-ring (bicyclic) bond motifs is 1.